The molecule has 0 aromatic heterocycles. The van der Waals surface area contributed by atoms with E-state index in [-0.39, 0.29) is 5.82 Å². The summed E-state index contributed by atoms with van der Waals surface area (Å²) < 4.78 is 18.3. The van der Waals surface area contributed by atoms with Crippen LogP contribution in [0.15, 0.2) is 42.5 Å². The topological polar surface area (TPSA) is 38.3 Å². The average Bonchev–Trinajstić information content (AvgIpc) is 2.45. The first-order valence-corrected chi connectivity index (χ1v) is 8.06. The molecule has 0 saturated heterocycles. The second-order valence-corrected chi connectivity index (χ2v) is 6.89. The molecule has 0 aliphatic carbocycles. The number of aryl methyl sites for hydroxylation is 1. The number of carbonyl (C=O) groups is 1. The Hall–Kier alpha value is -2.36. The van der Waals surface area contributed by atoms with Gasteiger partial charge in [0.2, 0.25) is 0 Å². The lowest BCUT2D eigenvalue weighted by Gasteiger charge is -2.19. The molecule has 0 radical (unpaired) electrons. The maximum Gasteiger partial charge on any atom is 0.407 e. The van der Waals surface area contributed by atoms with Crippen LogP contribution in [-0.2, 0) is 11.2 Å². The summed E-state index contributed by atoms with van der Waals surface area (Å²) >= 11 is 0. The van der Waals surface area contributed by atoms with Crippen molar-refractivity contribution in [3.8, 4) is 11.1 Å². The smallest absolute Gasteiger partial charge is 0.407 e. The molecule has 0 heterocycles. The summed E-state index contributed by atoms with van der Waals surface area (Å²) in [6.45, 7) is 8.03. The molecule has 24 heavy (non-hydrogen) atoms. The minimum absolute atomic E-state index is 0.242. The Morgan fingerprint density at radius 3 is 2.38 bits per heavy atom. The standard InChI is InChI=1S/C20H24FNO2/c1-14-11-15(9-10-22-19(23)24-20(2,3)4)13-17(12-14)16-5-7-18(21)8-6-16/h5-8,11-13H,9-10H2,1-4H3,(H,22,23). The molecule has 2 rings (SSSR count). The van der Waals surface area contributed by atoms with Gasteiger partial charge in [-0.2, -0.15) is 0 Å². The van der Waals surface area contributed by atoms with Gasteiger partial charge in [-0.05, 0) is 62.9 Å². The summed E-state index contributed by atoms with van der Waals surface area (Å²) in [4.78, 5) is 11.7. The maximum absolute atomic E-state index is 13.1. The Morgan fingerprint density at radius 1 is 1.08 bits per heavy atom. The van der Waals surface area contributed by atoms with Crippen molar-refractivity contribution >= 4 is 6.09 Å². The van der Waals surface area contributed by atoms with E-state index in [1.807, 2.05) is 27.7 Å². The van der Waals surface area contributed by atoms with Crippen molar-refractivity contribution in [2.75, 3.05) is 6.54 Å². The fraction of sp³-hybridized carbons (Fsp3) is 0.350. The fourth-order valence-electron chi connectivity index (χ4n) is 2.44. The Bertz CT molecular complexity index is 703. The number of hydrogen-bond donors (Lipinski definition) is 1. The van der Waals surface area contributed by atoms with Gasteiger partial charge in [0.1, 0.15) is 11.4 Å². The van der Waals surface area contributed by atoms with Gasteiger partial charge in [-0.1, -0.05) is 35.9 Å². The summed E-state index contributed by atoms with van der Waals surface area (Å²) in [5.41, 5.74) is 3.77. The number of ether oxygens (including phenoxy) is 1. The number of nitrogens with one attached hydrogen (secondary N) is 1. The highest BCUT2D eigenvalue weighted by atomic mass is 19.1. The van der Waals surface area contributed by atoms with Crippen LogP contribution >= 0.6 is 0 Å². The third-order valence-corrected chi connectivity index (χ3v) is 3.40. The molecule has 0 saturated carbocycles. The Labute approximate surface area is 142 Å². The molecule has 0 atom stereocenters. The average molecular weight is 329 g/mol. The molecule has 0 fully saturated rings. The van der Waals surface area contributed by atoms with Gasteiger partial charge >= 0.3 is 6.09 Å². The van der Waals surface area contributed by atoms with Crippen molar-refractivity contribution in [1.82, 2.24) is 5.32 Å². The number of hydrogen-bond acceptors (Lipinski definition) is 2. The van der Waals surface area contributed by atoms with Crippen molar-refractivity contribution < 1.29 is 13.9 Å². The molecule has 1 N–H and O–H groups in total. The van der Waals surface area contributed by atoms with Gasteiger partial charge in [0.15, 0.2) is 0 Å². The van der Waals surface area contributed by atoms with Crippen LogP contribution in [0.5, 0.6) is 0 Å². The SMILES string of the molecule is Cc1cc(CCNC(=O)OC(C)(C)C)cc(-c2ccc(F)cc2)c1. The zero-order chi connectivity index (χ0) is 17.7. The third kappa shape index (κ3) is 5.69. The molecule has 0 unspecified atom stereocenters. The molecule has 1 amide bonds. The van der Waals surface area contributed by atoms with E-state index in [9.17, 15) is 9.18 Å². The molecule has 4 heteroatoms. The minimum atomic E-state index is -0.497. The summed E-state index contributed by atoms with van der Waals surface area (Å²) in [5, 5.41) is 2.76. The summed E-state index contributed by atoms with van der Waals surface area (Å²) in [6.07, 6.45) is 0.295. The van der Waals surface area contributed by atoms with Gasteiger partial charge in [-0.25, -0.2) is 9.18 Å². The van der Waals surface area contributed by atoms with E-state index in [0.717, 1.165) is 22.3 Å². The van der Waals surface area contributed by atoms with Gasteiger partial charge in [0.25, 0.3) is 0 Å². The number of benzene rings is 2. The van der Waals surface area contributed by atoms with Crippen molar-refractivity contribution in [3.05, 3.63) is 59.4 Å². The first-order chi connectivity index (χ1) is 11.2. The van der Waals surface area contributed by atoms with Crippen LogP contribution < -0.4 is 5.32 Å². The third-order valence-electron chi connectivity index (χ3n) is 3.40. The van der Waals surface area contributed by atoms with Crippen LogP contribution in [0.25, 0.3) is 11.1 Å². The lowest BCUT2D eigenvalue weighted by Crippen LogP contribution is -2.33. The van der Waals surface area contributed by atoms with E-state index in [2.05, 4.69) is 23.5 Å². The number of alkyl carbamates (subject to hydrolysis) is 1. The molecule has 0 spiro atoms. The van der Waals surface area contributed by atoms with Gasteiger partial charge in [-0.15, -0.1) is 0 Å². The second kappa shape index (κ2) is 7.47. The Kier molecular flexibility index (Phi) is 5.60. The van der Waals surface area contributed by atoms with Crippen molar-refractivity contribution in [1.29, 1.82) is 0 Å². The molecule has 128 valence electrons. The van der Waals surface area contributed by atoms with Crippen LogP contribution in [-0.4, -0.2) is 18.2 Å². The van der Waals surface area contributed by atoms with Crippen LogP contribution in [0, 0.1) is 12.7 Å². The summed E-state index contributed by atoms with van der Waals surface area (Å²) in [5.74, 6) is -0.242. The number of carbonyl (C=O) groups excluding carboxylic acids is 1. The molecular weight excluding hydrogens is 305 g/mol. The van der Waals surface area contributed by atoms with Crippen LogP contribution in [0.3, 0.4) is 0 Å². The fourth-order valence-corrected chi connectivity index (χ4v) is 2.44. The largest absolute Gasteiger partial charge is 0.444 e. The predicted octanol–water partition coefficient (Wildman–Crippen LogP) is 4.87. The highest BCUT2D eigenvalue weighted by Crippen LogP contribution is 2.23. The molecule has 0 aliphatic rings. The Balaban J connectivity index is 2.01. The lowest BCUT2D eigenvalue weighted by molar-refractivity contribution is 0.0528. The van der Waals surface area contributed by atoms with Gasteiger partial charge < -0.3 is 10.1 Å². The molecule has 0 aliphatic heterocycles. The molecule has 2 aromatic carbocycles. The molecule has 3 nitrogen and oxygen atoms in total. The van der Waals surface area contributed by atoms with Crippen LogP contribution in [0.4, 0.5) is 9.18 Å². The Morgan fingerprint density at radius 2 is 1.75 bits per heavy atom. The quantitative estimate of drug-likeness (QED) is 0.869. The van der Waals surface area contributed by atoms with E-state index >= 15 is 0 Å². The van der Waals surface area contributed by atoms with E-state index in [0.29, 0.717) is 13.0 Å². The summed E-state index contributed by atoms with van der Waals surface area (Å²) in [7, 11) is 0. The van der Waals surface area contributed by atoms with Gasteiger partial charge in [-0.3, -0.25) is 0 Å². The summed E-state index contributed by atoms with van der Waals surface area (Å²) in [6, 6.07) is 12.7. The van der Waals surface area contributed by atoms with Crippen molar-refractivity contribution in [3.63, 3.8) is 0 Å². The lowest BCUT2D eigenvalue weighted by atomic mass is 9.99. The molecule has 0 bridgehead atoms. The van der Waals surface area contributed by atoms with Crippen molar-refractivity contribution in [2.24, 2.45) is 0 Å². The highest BCUT2D eigenvalue weighted by molar-refractivity contribution is 5.68. The first kappa shape index (κ1) is 18.0. The first-order valence-electron chi connectivity index (χ1n) is 8.06. The normalized spacial score (nSPS) is 11.2. The monoisotopic (exact) mass is 329 g/mol. The number of rotatable bonds is 4. The van der Waals surface area contributed by atoms with E-state index < -0.39 is 11.7 Å². The van der Waals surface area contributed by atoms with Crippen LogP contribution in [0.2, 0.25) is 0 Å². The number of amides is 1. The van der Waals surface area contributed by atoms with E-state index in [4.69, 9.17) is 4.74 Å². The van der Waals surface area contributed by atoms with Crippen LogP contribution in [0.1, 0.15) is 31.9 Å². The number of halogens is 1. The maximum atomic E-state index is 13.1. The van der Waals surface area contributed by atoms with Gasteiger partial charge in [0, 0.05) is 6.54 Å². The zero-order valence-corrected chi connectivity index (χ0v) is 14.7. The zero-order valence-electron chi connectivity index (χ0n) is 14.7. The molecular formula is C20H24FNO2. The van der Waals surface area contributed by atoms with Crippen molar-refractivity contribution in [2.45, 2.75) is 39.7 Å². The van der Waals surface area contributed by atoms with E-state index in [1.54, 1.807) is 12.1 Å². The second-order valence-electron chi connectivity index (χ2n) is 6.89. The van der Waals surface area contributed by atoms with Gasteiger partial charge in [0.05, 0.1) is 0 Å². The predicted molar refractivity (Wildman–Crippen MR) is 94.5 cm³/mol. The van der Waals surface area contributed by atoms with E-state index in [1.165, 1.54) is 12.1 Å². The minimum Gasteiger partial charge on any atom is -0.444 e. The molecule has 2 aromatic rings. The highest BCUT2D eigenvalue weighted by Gasteiger charge is 2.15.